The monoisotopic (exact) mass is 626 g/mol. The molecule has 3 aromatic rings. The number of nitrogens with one attached hydrogen (secondary N) is 4. The molecule has 0 spiro atoms. The molecule has 2 aromatic carbocycles. The summed E-state index contributed by atoms with van der Waals surface area (Å²) >= 11 is 8.11. The Morgan fingerprint density at radius 1 is 1.16 bits per heavy atom. The van der Waals surface area contributed by atoms with Crippen LogP contribution in [-0.2, 0) is 11.4 Å². The number of halogens is 2. The second-order valence-corrected chi connectivity index (χ2v) is 11.2. The maximum absolute atomic E-state index is 13.4. The van der Waals surface area contributed by atoms with E-state index in [4.69, 9.17) is 16.3 Å². The number of ether oxygens (including phenoxy) is 1. The molecule has 11 heteroatoms. The van der Waals surface area contributed by atoms with E-state index in [9.17, 15) is 9.18 Å². The number of nitrogens with zero attached hydrogens (tertiary/aromatic N) is 2. The average molecular weight is 627 g/mol. The van der Waals surface area contributed by atoms with Crippen LogP contribution in [0.3, 0.4) is 0 Å². The van der Waals surface area contributed by atoms with Crippen molar-refractivity contribution >= 4 is 46.5 Å². The molecule has 4 N–H and O–H groups in total. The summed E-state index contributed by atoms with van der Waals surface area (Å²) in [6.45, 7) is 10.2. The van der Waals surface area contributed by atoms with E-state index in [0.717, 1.165) is 47.0 Å². The number of carbonyl (C=O) groups excluding carboxylic acids is 1. The number of carbonyl (C=O) groups is 1. The molecule has 0 fully saturated rings. The van der Waals surface area contributed by atoms with Crippen LogP contribution in [0.4, 0.5) is 21.6 Å². The number of hydrogen-bond donors (Lipinski definition) is 4. The highest BCUT2D eigenvalue weighted by atomic mass is 35.5. The molecule has 0 aliphatic carbocycles. The number of benzene rings is 2. The number of hydrogen-bond acceptors (Lipinski definition) is 8. The SMILES string of the molecule is C/C=C(\C=C/CCNCCNC(C)=O)C1Nc2c(Nc3ccc(OCc4cccc(F)c4)c(Cl)c3)ncnc2S1.CCC. The minimum absolute atomic E-state index is 0.00316. The summed E-state index contributed by atoms with van der Waals surface area (Å²) in [5, 5.41) is 14.2. The molecular weight excluding hydrogens is 587 g/mol. The first-order valence-corrected chi connectivity index (χ1v) is 15.6. The van der Waals surface area contributed by atoms with E-state index in [1.165, 1.54) is 31.8 Å². The van der Waals surface area contributed by atoms with E-state index in [-0.39, 0.29) is 23.7 Å². The number of thioether (sulfide) groups is 1. The fourth-order valence-corrected chi connectivity index (χ4v) is 5.29. The Kier molecular flexibility index (Phi) is 14.3. The van der Waals surface area contributed by atoms with Crippen molar-refractivity contribution in [2.45, 2.75) is 57.5 Å². The van der Waals surface area contributed by atoms with Crippen LogP contribution >= 0.6 is 23.4 Å². The van der Waals surface area contributed by atoms with Gasteiger partial charge in [0.1, 0.15) is 40.6 Å². The fraction of sp³-hybridized carbons (Fsp3) is 0.344. The standard InChI is InChI=1S/C29H32ClFN6O2S.C3H8/c1-3-21(8-4-5-12-32-13-14-33-19(2)38)28-37-26-27(34-18-35-29(26)40-28)36-23-10-11-25(24(30)16-23)39-17-20-7-6-9-22(31)15-20;1-3-2/h3-4,6-11,15-16,18,28,32,37H,5,12-14,17H2,1-2H3,(H,33,38)(H,34,35,36);3H2,1-2H3/b8-4-,21-3+;. The predicted molar refractivity (Wildman–Crippen MR) is 176 cm³/mol. The predicted octanol–water partition coefficient (Wildman–Crippen LogP) is 7.47. The summed E-state index contributed by atoms with van der Waals surface area (Å²) in [5.41, 5.74) is 3.43. The van der Waals surface area contributed by atoms with E-state index in [1.54, 1.807) is 36.0 Å². The third-order valence-corrected chi connectivity index (χ3v) is 7.36. The molecule has 4 rings (SSSR count). The number of amides is 1. The molecule has 1 atom stereocenters. The zero-order valence-corrected chi connectivity index (χ0v) is 26.6. The highest BCUT2D eigenvalue weighted by Gasteiger charge is 2.27. The Morgan fingerprint density at radius 3 is 2.70 bits per heavy atom. The second-order valence-electron chi connectivity index (χ2n) is 9.65. The van der Waals surface area contributed by atoms with Crippen molar-refractivity contribution in [1.29, 1.82) is 0 Å². The van der Waals surface area contributed by atoms with Crippen LogP contribution in [-0.4, -0.2) is 40.9 Å². The lowest BCUT2D eigenvalue weighted by molar-refractivity contribution is -0.118. The van der Waals surface area contributed by atoms with Gasteiger partial charge in [0, 0.05) is 25.7 Å². The first-order valence-electron chi connectivity index (χ1n) is 14.3. The Bertz CT molecular complexity index is 1400. The van der Waals surface area contributed by atoms with Crippen molar-refractivity contribution < 1.29 is 13.9 Å². The molecule has 0 saturated heterocycles. The van der Waals surface area contributed by atoms with Crippen LogP contribution in [0, 0.1) is 5.82 Å². The van der Waals surface area contributed by atoms with Crippen molar-refractivity contribution in [2.24, 2.45) is 0 Å². The smallest absolute Gasteiger partial charge is 0.216 e. The molecular formula is C32H40ClFN6O2S. The lowest BCUT2D eigenvalue weighted by Gasteiger charge is -2.14. The summed E-state index contributed by atoms with van der Waals surface area (Å²) in [5.74, 6) is 0.827. The molecule has 1 aromatic heterocycles. The highest BCUT2D eigenvalue weighted by molar-refractivity contribution is 8.00. The summed E-state index contributed by atoms with van der Waals surface area (Å²) < 4.78 is 19.2. The summed E-state index contributed by atoms with van der Waals surface area (Å²) in [4.78, 5) is 19.8. The molecule has 1 aliphatic heterocycles. The van der Waals surface area contributed by atoms with Gasteiger partial charge in [0.2, 0.25) is 5.91 Å². The van der Waals surface area contributed by atoms with E-state index in [1.807, 2.05) is 13.0 Å². The van der Waals surface area contributed by atoms with Crippen LogP contribution in [0.25, 0.3) is 0 Å². The molecule has 0 radical (unpaired) electrons. The zero-order chi connectivity index (χ0) is 31.0. The molecule has 8 nitrogen and oxygen atoms in total. The maximum atomic E-state index is 13.4. The Balaban J connectivity index is 0.00000162. The van der Waals surface area contributed by atoms with Crippen LogP contribution in [0.15, 0.2) is 77.6 Å². The molecule has 1 aliphatic rings. The van der Waals surface area contributed by atoms with Crippen molar-refractivity contribution in [1.82, 2.24) is 20.6 Å². The number of aromatic nitrogens is 2. The molecule has 43 heavy (non-hydrogen) atoms. The molecule has 1 amide bonds. The minimum Gasteiger partial charge on any atom is -0.487 e. The molecule has 2 heterocycles. The van der Waals surface area contributed by atoms with Gasteiger partial charge in [-0.3, -0.25) is 4.79 Å². The Morgan fingerprint density at radius 2 is 1.98 bits per heavy atom. The number of rotatable bonds is 13. The Labute approximate surface area is 263 Å². The van der Waals surface area contributed by atoms with E-state index in [0.29, 0.717) is 23.1 Å². The molecule has 1 unspecified atom stereocenters. The first-order chi connectivity index (χ1) is 20.8. The van der Waals surface area contributed by atoms with Crippen LogP contribution in [0.5, 0.6) is 5.75 Å². The van der Waals surface area contributed by atoms with Crippen molar-refractivity contribution in [2.75, 3.05) is 30.3 Å². The van der Waals surface area contributed by atoms with E-state index in [2.05, 4.69) is 63.3 Å². The van der Waals surface area contributed by atoms with Gasteiger partial charge in [-0.2, -0.15) is 0 Å². The lowest BCUT2D eigenvalue weighted by Crippen LogP contribution is -2.30. The second kappa shape index (κ2) is 18.1. The van der Waals surface area contributed by atoms with Gasteiger partial charge in [-0.05, 0) is 61.4 Å². The summed E-state index contributed by atoms with van der Waals surface area (Å²) in [6.07, 6.45) is 10.00. The van der Waals surface area contributed by atoms with Gasteiger partial charge in [0.25, 0.3) is 0 Å². The number of allylic oxidation sites excluding steroid dienone is 1. The summed E-state index contributed by atoms with van der Waals surface area (Å²) in [6, 6.07) is 11.7. The lowest BCUT2D eigenvalue weighted by atomic mass is 10.2. The van der Waals surface area contributed by atoms with E-state index < -0.39 is 0 Å². The normalized spacial score (nSPS) is 14.0. The van der Waals surface area contributed by atoms with Gasteiger partial charge in [-0.1, -0.05) is 74.0 Å². The first kappa shape index (κ1) is 33.9. The zero-order valence-electron chi connectivity index (χ0n) is 25.0. The largest absolute Gasteiger partial charge is 0.487 e. The quantitative estimate of drug-likeness (QED) is 0.0881. The van der Waals surface area contributed by atoms with Gasteiger partial charge in [-0.25, -0.2) is 14.4 Å². The fourth-order valence-electron chi connectivity index (χ4n) is 3.92. The Hall–Kier alpha value is -3.60. The van der Waals surface area contributed by atoms with Gasteiger partial charge >= 0.3 is 0 Å². The van der Waals surface area contributed by atoms with Crippen LogP contribution in [0.2, 0.25) is 5.02 Å². The van der Waals surface area contributed by atoms with Crippen molar-refractivity contribution in [3.8, 4) is 5.75 Å². The van der Waals surface area contributed by atoms with Gasteiger partial charge in [0.05, 0.1) is 5.02 Å². The molecule has 0 saturated carbocycles. The van der Waals surface area contributed by atoms with Gasteiger partial charge in [0.15, 0.2) is 5.82 Å². The molecule has 230 valence electrons. The topological polar surface area (TPSA) is 100 Å². The number of fused-ring (bicyclic) bond motifs is 1. The van der Waals surface area contributed by atoms with E-state index >= 15 is 0 Å². The van der Waals surface area contributed by atoms with Gasteiger partial charge < -0.3 is 26.0 Å². The third-order valence-electron chi connectivity index (χ3n) is 5.91. The van der Waals surface area contributed by atoms with Crippen LogP contribution in [0.1, 0.15) is 46.1 Å². The highest BCUT2D eigenvalue weighted by Crippen LogP contribution is 2.44. The minimum atomic E-state index is -0.306. The average Bonchev–Trinajstić information content (AvgIpc) is 3.41. The van der Waals surface area contributed by atoms with Gasteiger partial charge in [-0.15, -0.1) is 0 Å². The number of anilines is 3. The third kappa shape index (κ3) is 11.2. The molecule has 0 bridgehead atoms. The summed E-state index contributed by atoms with van der Waals surface area (Å²) in [7, 11) is 0. The van der Waals surface area contributed by atoms with Crippen LogP contribution < -0.4 is 26.0 Å². The van der Waals surface area contributed by atoms with Crippen molar-refractivity contribution in [3.05, 3.63) is 89.0 Å². The maximum Gasteiger partial charge on any atom is 0.216 e. The van der Waals surface area contributed by atoms with Crippen molar-refractivity contribution in [3.63, 3.8) is 0 Å².